The Balaban J connectivity index is 1.59. The number of methoxy groups -OCH3 is 2. The number of para-hydroxylation sites is 1. The summed E-state index contributed by atoms with van der Waals surface area (Å²) >= 11 is 6.54. The number of anilines is 1. The van der Waals surface area contributed by atoms with Gasteiger partial charge in [-0.3, -0.25) is 25.3 Å². The number of carbonyl (C=O) groups is 2. The Morgan fingerprint density at radius 3 is 2.57 bits per heavy atom. The maximum Gasteiger partial charge on any atom is 0.266 e. The first-order chi connectivity index (χ1) is 14.5. The highest BCUT2D eigenvalue weighted by Gasteiger charge is 2.32. The molecule has 1 aliphatic heterocycles. The number of hydrazine groups is 1. The van der Waals surface area contributed by atoms with E-state index in [1.807, 2.05) is 36.4 Å². The smallest absolute Gasteiger partial charge is 0.266 e. The van der Waals surface area contributed by atoms with E-state index < -0.39 is 0 Å². The summed E-state index contributed by atoms with van der Waals surface area (Å²) in [7, 11) is 3.12. The van der Waals surface area contributed by atoms with Crippen molar-refractivity contribution in [3.63, 3.8) is 0 Å². The molecule has 156 valence electrons. The first kappa shape index (κ1) is 21.7. The molecule has 0 aromatic heterocycles. The molecule has 3 rings (SSSR count). The summed E-state index contributed by atoms with van der Waals surface area (Å²) in [5, 5.41) is 0. The molecule has 1 fully saturated rings. The predicted octanol–water partition coefficient (Wildman–Crippen LogP) is 3.44. The van der Waals surface area contributed by atoms with Crippen molar-refractivity contribution in [1.82, 2.24) is 10.3 Å². The lowest BCUT2D eigenvalue weighted by Gasteiger charge is -2.14. The molecule has 9 heteroatoms. The second-order valence-electron chi connectivity index (χ2n) is 6.24. The van der Waals surface area contributed by atoms with Gasteiger partial charge in [0.15, 0.2) is 11.5 Å². The van der Waals surface area contributed by atoms with Crippen molar-refractivity contribution >= 4 is 51.9 Å². The van der Waals surface area contributed by atoms with Crippen molar-refractivity contribution in [2.45, 2.75) is 6.42 Å². The monoisotopic (exact) mass is 443 g/mol. The van der Waals surface area contributed by atoms with Crippen LogP contribution in [0.3, 0.4) is 0 Å². The minimum absolute atomic E-state index is 0.121. The summed E-state index contributed by atoms with van der Waals surface area (Å²) in [6, 6.07) is 14.7. The van der Waals surface area contributed by atoms with Crippen molar-refractivity contribution in [1.29, 1.82) is 0 Å². The molecular formula is C21H21N3O4S2. The van der Waals surface area contributed by atoms with Gasteiger partial charge in [0, 0.05) is 13.0 Å². The number of thiocarbonyl (C=S) groups is 1. The van der Waals surface area contributed by atoms with Crippen LogP contribution < -0.4 is 20.3 Å². The van der Waals surface area contributed by atoms with Gasteiger partial charge >= 0.3 is 0 Å². The Morgan fingerprint density at radius 2 is 1.87 bits per heavy atom. The van der Waals surface area contributed by atoms with Gasteiger partial charge in [0.05, 0.1) is 24.8 Å². The minimum atomic E-state index is -0.239. The molecule has 0 radical (unpaired) electrons. The molecule has 2 aromatic carbocycles. The summed E-state index contributed by atoms with van der Waals surface area (Å²) in [5.41, 5.74) is 7.00. The highest BCUT2D eigenvalue weighted by atomic mass is 32.2. The summed E-state index contributed by atoms with van der Waals surface area (Å²) in [4.78, 5) is 26.8. The van der Waals surface area contributed by atoms with Crippen LogP contribution in [0.2, 0.25) is 0 Å². The lowest BCUT2D eigenvalue weighted by atomic mass is 10.2. The van der Waals surface area contributed by atoms with Crippen LogP contribution in [0.15, 0.2) is 53.4 Å². The Bertz CT molecular complexity index is 979. The van der Waals surface area contributed by atoms with Crippen LogP contribution in [0.1, 0.15) is 12.0 Å². The highest BCUT2D eigenvalue weighted by molar-refractivity contribution is 8.26. The van der Waals surface area contributed by atoms with E-state index in [4.69, 9.17) is 21.7 Å². The maximum absolute atomic E-state index is 12.7. The Morgan fingerprint density at radius 1 is 1.13 bits per heavy atom. The molecule has 1 saturated heterocycles. The van der Waals surface area contributed by atoms with E-state index >= 15 is 0 Å². The fourth-order valence-corrected chi connectivity index (χ4v) is 4.03. The van der Waals surface area contributed by atoms with Crippen LogP contribution in [0.5, 0.6) is 11.5 Å². The van der Waals surface area contributed by atoms with Crippen molar-refractivity contribution < 1.29 is 19.1 Å². The number of nitrogens with one attached hydrogen (secondary N) is 2. The second kappa shape index (κ2) is 10.1. The van der Waals surface area contributed by atoms with Crippen LogP contribution in [0, 0.1) is 0 Å². The lowest BCUT2D eigenvalue weighted by Crippen LogP contribution is -2.35. The molecule has 0 spiro atoms. The van der Waals surface area contributed by atoms with Gasteiger partial charge in [-0.05, 0) is 35.9 Å². The first-order valence-electron chi connectivity index (χ1n) is 9.09. The molecule has 0 bridgehead atoms. The van der Waals surface area contributed by atoms with Gasteiger partial charge in [-0.25, -0.2) is 0 Å². The van der Waals surface area contributed by atoms with Crippen molar-refractivity contribution in [2.75, 3.05) is 26.2 Å². The van der Waals surface area contributed by atoms with Crippen molar-refractivity contribution in [3.05, 3.63) is 59.0 Å². The number of hydrogen-bond acceptors (Lipinski definition) is 7. The quantitative estimate of drug-likeness (QED) is 0.368. The lowest BCUT2D eigenvalue weighted by molar-refractivity contribution is -0.123. The third-order valence-corrected chi connectivity index (χ3v) is 5.64. The van der Waals surface area contributed by atoms with Crippen LogP contribution in [0.4, 0.5) is 5.69 Å². The largest absolute Gasteiger partial charge is 0.493 e. The van der Waals surface area contributed by atoms with Crippen LogP contribution in [-0.2, 0) is 9.59 Å². The maximum atomic E-state index is 12.7. The summed E-state index contributed by atoms with van der Waals surface area (Å²) in [6.07, 6.45) is 1.87. The van der Waals surface area contributed by atoms with E-state index in [0.717, 1.165) is 11.3 Å². The predicted molar refractivity (Wildman–Crippen MR) is 122 cm³/mol. The number of benzene rings is 2. The van der Waals surface area contributed by atoms with E-state index in [2.05, 4.69) is 10.9 Å². The Hall–Kier alpha value is -3.04. The first-order valence-corrected chi connectivity index (χ1v) is 10.3. The Labute approximate surface area is 184 Å². The average molecular weight is 444 g/mol. The van der Waals surface area contributed by atoms with E-state index in [-0.39, 0.29) is 24.8 Å². The summed E-state index contributed by atoms with van der Waals surface area (Å²) < 4.78 is 11.0. The van der Waals surface area contributed by atoms with E-state index in [9.17, 15) is 9.59 Å². The molecule has 30 heavy (non-hydrogen) atoms. The molecule has 7 nitrogen and oxygen atoms in total. The topological polar surface area (TPSA) is 79.9 Å². The SMILES string of the molecule is COc1ccc(/C=C2/SC(=S)N(CCC(=O)NNc3ccccc3)C2=O)cc1OC. The van der Waals surface area contributed by atoms with Crippen LogP contribution >= 0.6 is 24.0 Å². The van der Waals surface area contributed by atoms with Gasteiger partial charge in [-0.15, -0.1) is 0 Å². The summed E-state index contributed by atoms with van der Waals surface area (Å²) in [6.45, 7) is 0.205. The zero-order chi connectivity index (χ0) is 21.5. The molecule has 1 aliphatic rings. The number of thioether (sulfide) groups is 1. The number of hydrogen-bond donors (Lipinski definition) is 2. The molecule has 1 heterocycles. The van der Waals surface area contributed by atoms with E-state index in [1.165, 1.54) is 16.7 Å². The standard InChI is InChI=1S/C21H21N3O4S2/c1-27-16-9-8-14(12-17(16)28-2)13-18-20(26)24(21(29)30-18)11-10-19(25)23-22-15-6-4-3-5-7-15/h3-9,12-13,22H,10-11H2,1-2H3,(H,23,25)/b18-13+. The molecule has 0 atom stereocenters. The second-order valence-corrected chi connectivity index (χ2v) is 7.91. The molecule has 2 N–H and O–H groups in total. The number of rotatable bonds is 8. The number of ether oxygens (including phenoxy) is 2. The fourth-order valence-electron chi connectivity index (χ4n) is 2.73. The zero-order valence-electron chi connectivity index (χ0n) is 16.5. The molecule has 0 saturated carbocycles. The van der Waals surface area contributed by atoms with Gasteiger partial charge in [-0.2, -0.15) is 0 Å². The third-order valence-electron chi connectivity index (χ3n) is 4.26. The average Bonchev–Trinajstić information content (AvgIpc) is 3.03. The molecule has 0 unspecified atom stereocenters. The third kappa shape index (κ3) is 5.31. The zero-order valence-corrected chi connectivity index (χ0v) is 18.1. The molecule has 2 aromatic rings. The van der Waals surface area contributed by atoms with Gasteiger partial charge in [-0.1, -0.05) is 48.2 Å². The normalized spacial score (nSPS) is 14.7. The molecule has 2 amide bonds. The molecular weight excluding hydrogens is 422 g/mol. The molecule has 0 aliphatic carbocycles. The fraction of sp³-hybridized carbons (Fsp3) is 0.190. The van der Waals surface area contributed by atoms with Gasteiger partial charge < -0.3 is 9.47 Å². The van der Waals surface area contributed by atoms with Crippen LogP contribution in [0.25, 0.3) is 6.08 Å². The number of nitrogens with zero attached hydrogens (tertiary/aromatic N) is 1. The van der Waals surface area contributed by atoms with Crippen LogP contribution in [-0.4, -0.2) is 41.8 Å². The van der Waals surface area contributed by atoms with Gasteiger partial charge in [0.2, 0.25) is 5.91 Å². The van der Waals surface area contributed by atoms with Crippen molar-refractivity contribution in [3.8, 4) is 11.5 Å². The van der Waals surface area contributed by atoms with Gasteiger partial charge in [0.25, 0.3) is 5.91 Å². The van der Waals surface area contributed by atoms with E-state index in [1.54, 1.807) is 32.4 Å². The number of carbonyl (C=O) groups excluding carboxylic acids is 2. The van der Waals surface area contributed by atoms with Crippen molar-refractivity contribution in [2.24, 2.45) is 0 Å². The minimum Gasteiger partial charge on any atom is -0.493 e. The number of amides is 2. The Kier molecular flexibility index (Phi) is 7.31. The summed E-state index contributed by atoms with van der Waals surface area (Å²) in [5.74, 6) is 0.724. The highest BCUT2D eigenvalue weighted by Crippen LogP contribution is 2.34. The van der Waals surface area contributed by atoms with E-state index in [0.29, 0.717) is 20.7 Å². The van der Waals surface area contributed by atoms with Gasteiger partial charge in [0.1, 0.15) is 4.32 Å².